The molecular formula is C8H13ClN2O2S2. The molecule has 0 aromatic carbocycles. The minimum atomic E-state index is -3.40. The van der Waals surface area contributed by atoms with Crippen molar-refractivity contribution in [2.24, 2.45) is 0 Å². The Morgan fingerprint density at radius 2 is 2.20 bits per heavy atom. The average molecular weight is 269 g/mol. The molecule has 1 atom stereocenters. The summed E-state index contributed by atoms with van der Waals surface area (Å²) in [6, 6.07) is 3.16. The molecule has 0 radical (unpaired) electrons. The first kappa shape index (κ1) is 12.9. The number of rotatable bonds is 5. The molecule has 0 saturated heterocycles. The van der Waals surface area contributed by atoms with Crippen molar-refractivity contribution in [3.63, 3.8) is 0 Å². The Morgan fingerprint density at radius 1 is 1.53 bits per heavy atom. The van der Waals surface area contributed by atoms with Gasteiger partial charge in [-0.3, -0.25) is 0 Å². The Balaban J connectivity index is 2.68. The Morgan fingerprint density at radius 3 is 2.67 bits per heavy atom. The Kier molecular flexibility index (Phi) is 4.54. The van der Waals surface area contributed by atoms with Gasteiger partial charge in [-0.05, 0) is 26.1 Å². The maximum atomic E-state index is 11.7. The third-order valence-corrected chi connectivity index (χ3v) is 5.03. The van der Waals surface area contributed by atoms with Gasteiger partial charge in [0.1, 0.15) is 4.21 Å². The molecule has 15 heavy (non-hydrogen) atoms. The second kappa shape index (κ2) is 5.27. The van der Waals surface area contributed by atoms with E-state index in [0.717, 1.165) is 11.3 Å². The zero-order valence-electron chi connectivity index (χ0n) is 8.45. The molecule has 1 unspecified atom stereocenters. The van der Waals surface area contributed by atoms with Crippen LogP contribution in [0.15, 0.2) is 16.3 Å². The van der Waals surface area contributed by atoms with Crippen LogP contribution < -0.4 is 10.0 Å². The highest BCUT2D eigenvalue weighted by Gasteiger charge is 2.16. The van der Waals surface area contributed by atoms with E-state index in [-0.39, 0.29) is 10.3 Å². The fraction of sp³-hybridized carbons (Fsp3) is 0.500. The maximum absolute atomic E-state index is 11.7. The number of hydrogen-bond donors (Lipinski definition) is 2. The van der Waals surface area contributed by atoms with Gasteiger partial charge in [-0.25, -0.2) is 13.1 Å². The van der Waals surface area contributed by atoms with Crippen LogP contribution in [-0.4, -0.2) is 28.1 Å². The van der Waals surface area contributed by atoms with E-state index in [4.69, 9.17) is 11.6 Å². The SMILES string of the molecule is CNC(C)CNS(=O)(=O)c1ccc(Cl)s1. The number of hydrogen-bond acceptors (Lipinski definition) is 4. The lowest BCUT2D eigenvalue weighted by molar-refractivity contribution is 0.556. The highest BCUT2D eigenvalue weighted by atomic mass is 35.5. The van der Waals surface area contributed by atoms with Gasteiger partial charge in [0.05, 0.1) is 4.34 Å². The van der Waals surface area contributed by atoms with Gasteiger partial charge in [0.15, 0.2) is 0 Å². The molecule has 1 aromatic rings. The van der Waals surface area contributed by atoms with Crippen molar-refractivity contribution in [2.75, 3.05) is 13.6 Å². The summed E-state index contributed by atoms with van der Waals surface area (Å²) >= 11 is 6.72. The van der Waals surface area contributed by atoms with Gasteiger partial charge in [-0.1, -0.05) is 11.6 Å². The molecule has 7 heteroatoms. The zero-order valence-corrected chi connectivity index (χ0v) is 10.8. The highest BCUT2D eigenvalue weighted by molar-refractivity contribution is 7.91. The van der Waals surface area contributed by atoms with Gasteiger partial charge < -0.3 is 5.32 Å². The van der Waals surface area contributed by atoms with Crippen molar-refractivity contribution < 1.29 is 8.42 Å². The number of nitrogens with one attached hydrogen (secondary N) is 2. The van der Waals surface area contributed by atoms with Crippen LogP contribution in [0.4, 0.5) is 0 Å². The Bertz CT molecular complexity index is 416. The molecule has 0 aliphatic heterocycles. The maximum Gasteiger partial charge on any atom is 0.250 e. The molecule has 2 N–H and O–H groups in total. The third-order valence-electron chi connectivity index (χ3n) is 1.89. The van der Waals surface area contributed by atoms with E-state index in [2.05, 4.69) is 10.0 Å². The minimum absolute atomic E-state index is 0.0928. The van der Waals surface area contributed by atoms with Crippen LogP contribution in [-0.2, 0) is 10.0 Å². The van der Waals surface area contributed by atoms with Gasteiger partial charge >= 0.3 is 0 Å². The molecule has 0 aliphatic rings. The van der Waals surface area contributed by atoms with Crippen LogP contribution >= 0.6 is 22.9 Å². The van der Waals surface area contributed by atoms with Gasteiger partial charge in [0.2, 0.25) is 10.0 Å². The minimum Gasteiger partial charge on any atom is -0.316 e. The first-order valence-corrected chi connectivity index (χ1v) is 7.05. The van der Waals surface area contributed by atoms with Crippen LogP contribution in [0.2, 0.25) is 4.34 Å². The van der Waals surface area contributed by atoms with Crippen LogP contribution in [0.5, 0.6) is 0 Å². The molecule has 86 valence electrons. The quantitative estimate of drug-likeness (QED) is 0.846. The first-order valence-electron chi connectivity index (χ1n) is 4.38. The predicted molar refractivity (Wildman–Crippen MR) is 63.0 cm³/mol. The van der Waals surface area contributed by atoms with Crippen molar-refractivity contribution in [1.29, 1.82) is 0 Å². The van der Waals surface area contributed by atoms with Crippen LogP contribution in [0.3, 0.4) is 0 Å². The van der Waals surface area contributed by atoms with Crippen LogP contribution in [0.25, 0.3) is 0 Å². The lowest BCUT2D eigenvalue weighted by Gasteiger charge is -2.10. The number of sulfonamides is 1. The lowest BCUT2D eigenvalue weighted by Crippen LogP contribution is -2.36. The van der Waals surface area contributed by atoms with Gasteiger partial charge in [0.25, 0.3) is 0 Å². The fourth-order valence-electron chi connectivity index (χ4n) is 0.850. The van der Waals surface area contributed by atoms with E-state index in [1.807, 2.05) is 6.92 Å². The predicted octanol–water partition coefficient (Wildman–Crippen LogP) is 1.29. The first-order chi connectivity index (χ1) is 6.95. The van der Waals surface area contributed by atoms with Crippen LogP contribution in [0, 0.1) is 0 Å². The molecule has 0 saturated carbocycles. The van der Waals surface area contributed by atoms with Crippen molar-refractivity contribution in [1.82, 2.24) is 10.0 Å². The normalized spacial score (nSPS) is 14.1. The molecule has 0 aliphatic carbocycles. The Labute approximate surface area is 98.7 Å². The standard InChI is InChI=1S/C8H13ClN2O2S2/c1-6(10-2)5-11-15(12,13)8-4-3-7(9)14-8/h3-4,6,10-11H,5H2,1-2H3. The van der Waals surface area contributed by atoms with Crippen molar-refractivity contribution in [3.05, 3.63) is 16.5 Å². The van der Waals surface area contributed by atoms with E-state index < -0.39 is 10.0 Å². The smallest absolute Gasteiger partial charge is 0.250 e. The summed E-state index contributed by atoms with van der Waals surface area (Å²) in [5, 5.41) is 2.94. The largest absolute Gasteiger partial charge is 0.316 e. The molecule has 1 heterocycles. The second-order valence-corrected chi connectivity index (χ2v) is 6.81. The molecule has 4 nitrogen and oxygen atoms in total. The third kappa shape index (κ3) is 3.73. The molecule has 0 fully saturated rings. The van der Waals surface area contributed by atoms with Gasteiger partial charge in [0, 0.05) is 12.6 Å². The van der Waals surface area contributed by atoms with Crippen LogP contribution in [0.1, 0.15) is 6.92 Å². The summed E-state index contributed by atoms with van der Waals surface area (Å²) in [6.07, 6.45) is 0. The van der Waals surface area contributed by atoms with E-state index in [0.29, 0.717) is 10.9 Å². The lowest BCUT2D eigenvalue weighted by atomic mass is 10.4. The summed E-state index contributed by atoms with van der Waals surface area (Å²) in [5.74, 6) is 0. The molecule has 0 spiro atoms. The summed E-state index contributed by atoms with van der Waals surface area (Å²) < 4.78 is 26.6. The summed E-state index contributed by atoms with van der Waals surface area (Å²) in [7, 11) is -1.62. The number of likely N-dealkylation sites (N-methyl/N-ethyl adjacent to an activating group) is 1. The van der Waals surface area contributed by atoms with E-state index in [9.17, 15) is 8.42 Å². The van der Waals surface area contributed by atoms with Crippen molar-refractivity contribution in [3.8, 4) is 0 Å². The van der Waals surface area contributed by atoms with Crippen molar-refractivity contribution in [2.45, 2.75) is 17.2 Å². The van der Waals surface area contributed by atoms with Gasteiger partial charge in [-0.2, -0.15) is 0 Å². The molecule has 0 amide bonds. The number of thiophene rings is 1. The summed E-state index contributed by atoms with van der Waals surface area (Å²) in [6.45, 7) is 2.25. The number of halogens is 1. The summed E-state index contributed by atoms with van der Waals surface area (Å²) in [5.41, 5.74) is 0. The van der Waals surface area contributed by atoms with E-state index >= 15 is 0 Å². The molecule has 1 aromatic heterocycles. The molecule has 0 bridgehead atoms. The summed E-state index contributed by atoms with van der Waals surface area (Å²) in [4.78, 5) is 0. The van der Waals surface area contributed by atoms with Gasteiger partial charge in [-0.15, -0.1) is 11.3 Å². The van der Waals surface area contributed by atoms with Crippen molar-refractivity contribution >= 4 is 33.0 Å². The highest BCUT2D eigenvalue weighted by Crippen LogP contribution is 2.25. The topological polar surface area (TPSA) is 58.2 Å². The molecule has 1 rings (SSSR count). The fourth-order valence-corrected chi connectivity index (χ4v) is 3.51. The Hall–Kier alpha value is -0.140. The zero-order chi connectivity index (χ0) is 11.5. The van der Waals surface area contributed by atoms with E-state index in [1.165, 1.54) is 6.07 Å². The monoisotopic (exact) mass is 268 g/mol. The second-order valence-electron chi connectivity index (χ2n) is 3.10. The molecular weight excluding hydrogens is 256 g/mol. The van der Waals surface area contributed by atoms with E-state index in [1.54, 1.807) is 13.1 Å². The average Bonchev–Trinajstić information content (AvgIpc) is 2.62.